The van der Waals surface area contributed by atoms with Crippen molar-refractivity contribution in [3.63, 3.8) is 0 Å². The number of pyridine rings is 1. The van der Waals surface area contributed by atoms with Gasteiger partial charge in [0.25, 0.3) is 5.91 Å². The van der Waals surface area contributed by atoms with E-state index < -0.39 is 5.54 Å². The molecule has 0 unspecified atom stereocenters. The number of amides is 1. The zero-order valence-electron chi connectivity index (χ0n) is 9.17. The first-order valence-corrected chi connectivity index (χ1v) is 5.30. The fourth-order valence-corrected chi connectivity index (χ4v) is 1.19. The minimum atomic E-state index is -0.414. The van der Waals surface area contributed by atoms with Gasteiger partial charge in [-0.25, -0.2) is 0 Å². The van der Waals surface area contributed by atoms with Gasteiger partial charge in [-0.3, -0.25) is 9.78 Å². The smallest absolute Gasteiger partial charge is 0.270 e. The van der Waals surface area contributed by atoms with Crippen LogP contribution in [-0.2, 0) is 0 Å². The highest BCUT2D eigenvalue weighted by atomic mass is 35.5. The van der Waals surface area contributed by atoms with E-state index in [9.17, 15) is 4.79 Å². The molecule has 1 heterocycles. The molecular weight excluding hydrogens is 212 g/mol. The van der Waals surface area contributed by atoms with E-state index in [1.54, 1.807) is 12.3 Å². The number of nitrogens with one attached hydrogen (secondary N) is 1. The molecule has 1 N–H and O–H groups in total. The van der Waals surface area contributed by atoms with Crippen molar-refractivity contribution in [3.05, 3.63) is 29.6 Å². The van der Waals surface area contributed by atoms with Crippen molar-refractivity contribution in [2.45, 2.75) is 26.3 Å². The Kier molecular flexibility index (Phi) is 3.69. The van der Waals surface area contributed by atoms with Crippen molar-refractivity contribution in [1.82, 2.24) is 10.3 Å². The molecule has 0 bridgehead atoms. The van der Waals surface area contributed by atoms with Crippen LogP contribution in [0.5, 0.6) is 0 Å². The molecule has 0 fully saturated rings. The molecule has 3 nitrogen and oxygen atoms in total. The van der Waals surface area contributed by atoms with Crippen LogP contribution >= 0.6 is 11.6 Å². The van der Waals surface area contributed by atoms with Gasteiger partial charge in [0.2, 0.25) is 0 Å². The van der Waals surface area contributed by atoms with Crippen LogP contribution in [0, 0.1) is 6.92 Å². The predicted octanol–water partition coefficient (Wildman–Crippen LogP) is 2.14. The van der Waals surface area contributed by atoms with Crippen molar-refractivity contribution < 1.29 is 4.79 Å². The number of nitrogens with zero attached hydrogens (tertiary/aromatic N) is 1. The highest BCUT2D eigenvalue weighted by Gasteiger charge is 2.21. The maximum Gasteiger partial charge on any atom is 0.270 e. The van der Waals surface area contributed by atoms with Gasteiger partial charge >= 0.3 is 0 Å². The molecule has 0 radical (unpaired) electrons. The Bertz CT molecular complexity index is 363. The molecule has 0 saturated carbocycles. The second-order valence-electron chi connectivity index (χ2n) is 4.14. The first-order valence-electron chi connectivity index (χ1n) is 4.76. The van der Waals surface area contributed by atoms with Crippen molar-refractivity contribution >= 4 is 17.5 Å². The molecule has 1 rings (SSSR count). The second kappa shape index (κ2) is 4.62. The molecule has 0 spiro atoms. The fraction of sp³-hybridized carbons (Fsp3) is 0.455. The van der Waals surface area contributed by atoms with Gasteiger partial charge in [0, 0.05) is 17.6 Å². The Morgan fingerprint density at radius 3 is 2.80 bits per heavy atom. The lowest BCUT2D eigenvalue weighted by Crippen LogP contribution is -2.45. The zero-order chi connectivity index (χ0) is 11.5. The summed E-state index contributed by atoms with van der Waals surface area (Å²) in [6, 6.07) is 3.66. The molecule has 1 aromatic heterocycles. The Labute approximate surface area is 94.9 Å². The molecule has 1 aromatic rings. The monoisotopic (exact) mass is 226 g/mol. The Morgan fingerprint density at radius 2 is 2.27 bits per heavy atom. The van der Waals surface area contributed by atoms with E-state index in [1.165, 1.54) is 0 Å². The summed E-state index contributed by atoms with van der Waals surface area (Å²) in [5, 5.41) is 2.83. The van der Waals surface area contributed by atoms with Gasteiger partial charge in [0.15, 0.2) is 0 Å². The summed E-state index contributed by atoms with van der Waals surface area (Å²) in [5.74, 6) is 0.184. The van der Waals surface area contributed by atoms with Gasteiger partial charge in [-0.05, 0) is 32.4 Å². The quantitative estimate of drug-likeness (QED) is 0.803. The van der Waals surface area contributed by atoms with Crippen LogP contribution in [0.1, 0.15) is 29.9 Å². The van der Waals surface area contributed by atoms with Crippen molar-refractivity contribution in [2.75, 3.05) is 5.88 Å². The Morgan fingerprint density at radius 1 is 1.60 bits per heavy atom. The maximum absolute atomic E-state index is 11.8. The molecule has 15 heavy (non-hydrogen) atoms. The van der Waals surface area contributed by atoms with Gasteiger partial charge in [0.1, 0.15) is 5.69 Å². The highest BCUT2D eigenvalue weighted by Crippen LogP contribution is 2.08. The second-order valence-corrected chi connectivity index (χ2v) is 4.41. The van der Waals surface area contributed by atoms with E-state index in [-0.39, 0.29) is 5.91 Å². The molecule has 82 valence electrons. The molecule has 0 aliphatic carbocycles. The van der Waals surface area contributed by atoms with Crippen molar-refractivity contribution in [1.29, 1.82) is 0 Å². The molecule has 0 saturated heterocycles. The topological polar surface area (TPSA) is 42.0 Å². The first-order chi connectivity index (χ1) is 6.96. The average molecular weight is 227 g/mol. The molecular formula is C11H15ClN2O. The van der Waals surface area contributed by atoms with E-state index in [0.717, 1.165) is 5.56 Å². The number of carbonyl (C=O) groups excluding carboxylic acids is 1. The predicted molar refractivity (Wildman–Crippen MR) is 61.2 cm³/mol. The summed E-state index contributed by atoms with van der Waals surface area (Å²) < 4.78 is 0. The van der Waals surface area contributed by atoms with E-state index in [0.29, 0.717) is 11.6 Å². The third-order valence-corrected chi connectivity index (χ3v) is 2.68. The average Bonchev–Trinajstić information content (AvgIpc) is 2.17. The Hall–Kier alpha value is -1.09. The van der Waals surface area contributed by atoms with Crippen molar-refractivity contribution in [2.24, 2.45) is 0 Å². The number of alkyl halides is 1. The summed E-state index contributed by atoms with van der Waals surface area (Å²) >= 11 is 5.73. The van der Waals surface area contributed by atoms with Crippen LogP contribution in [-0.4, -0.2) is 22.3 Å². The summed E-state index contributed by atoms with van der Waals surface area (Å²) in [6.45, 7) is 5.60. The minimum Gasteiger partial charge on any atom is -0.345 e. The SMILES string of the molecule is Cc1cccnc1C(=O)NC(C)(C)CCl. The summed E-state index contributed by atoms with van der Waals surface area (Å²) in [5.41, 5.74) is 0.902. The van der Waals surface area contributed by atoms with Crippen molar-refractivity contribution in [3.8, 4) is 0 Å². The third-order valence-electron chi connectivity index (χ3n) is 2.01. The lowest BCUT2D eigenvalue weighted by molar-refractivity contribution is 0.0914. The van der Waals surface area contributed by atoms with E-state index in [1.807, 2.05) is 26.8 Å². The Balaban J connectivity index is 2.83. The summed E-state index contributed by atoms with van der Waals surface area (Å²) in [6.07, 6.45) is 1.61. The number of aromatic nitrogens is 1. The largest absolute Gasteiger partial charge is 0.345 e. The zero-order valence-corrected chi connectivity index (χ0v) is 9.93. The number of hydrogen-bond acceptors (Lipinski definition) is 2. The van der Waals surface area contributed by atoms with Crippen LogP contribution in [0.2, 0.25) is 0 Å². The number of hydrogen-bond donors (Lipinski definition) is 1. The van der Waals surface area contributed by atoms with E-state index in [2.05, 4.69) is 10.3 Å². The molecule has 0 atom stereocenters. The van der Waals surface area contributed by atoms with Gasteiger partial charge in [0.05, 0.1) is 0 Å². The minimum absolute atomic E-state index is 0.182. The van der Waals surface area contributed by atoms with E-state index in [4.69, 9.17) is 11.6 Å². The molecule has 1 amide bonds. The summed E-state index contributed by atoms with van der Waals surface area (Å²) in [7, 11) is 0. The van der Waals surface area contributed by atoms with Gasteiger partial charge < -0.3 is 5.32 Å². The number of aryl methyl sites for hydroxylation is 1. The number of halogens is 1. The number of rotatable bonds is 3. The van der Waals surface area contributed by atoms with Crippen LogP contribution in [0.25, 0.3) is 0 Å². The maximum atomic E-state index is 11.8. The lowest BCUT2D eigenvalue weighted by Gasteiger charge is -2.23. The lowest BCUT2D eigenvalue weighted by atomic mass is 10.1. The van der Waals surface area contributed by atoms with Crippen LogP contribution in [0.3, 0.4) is 0 Å². The van der Waals surface area contributed by atoms with Crippen LogP contribution < -0.4 is 5.32 Å². The van der Waals surface area contributed by atoms with Crippen LogP contribution in [0.4, 0.5) is 0 Å². The number of carbonyl (C=O) groups is 1. The van der Waals surface area contributed by atoms with Crippen LogP contribution in [0.15, 0.2) is 18.3 Å². The fourth-order valence-electron chi connectivity index (χ4n) is 1.12. The van der Waals surface area contributed by atoms with Gasteiger partial charge in [-0.2, -0.15) is 0 Å². The highest BCUT2D eigenvalue weighted by molar-refractivity contribution is 6.18. The molecule has 4 heteroatoms. The normalized spacial score (nSPS) is 11.2. The van der Waals surface area contributed by atoms with E-state index >= 15 is 0 Å². The standard InChI is InChI=1S/C11H15ClN2O/c1-8-5-4-6-13-9(8)10(15)14-11(2,3)7-12/h4-6H,7H2,1-3H3,(H,14,15). The molecule has 0 aliphatic heterocycles. The first kappa shape index (κ1) is 12.0. The van der Waals surface area contributed by atoms with Gasteiger partial charge in [-0.1, -0.05) is 6.07 Å². The molecule has 0 aliphatic rings. The van der Waals surface area contributed by atoms with Gasteiger partial charge in [-0.15, -0.1) is 11.6 Å². The summed E-state index contributed by atoms with van der Waals surface area (Å²) in [4.78, 5) is 15.8. The molecule has 0 aromatic carbocycles. The third kappa shape index (κ3) is 3.20.